The molecule has 4 rings (SSSR count). The fraction of sp³-hybridized carbons (Fsp3) is 0.409. The predicted octanol–water partition coefficient (Wildman–Crippen LogP) is 4.77. The normalized spacial score (nSPS) is 15.2. The highest BCUT2D eigenvalue weighted by Gasteiger charge is 2.54. The molecule has 172 valence electrons. The Bertz CT molecular complexity index is 1270. The highest BCUT2D eigenvalue weighted by atomic mass is 32.2. The maximum atomic E-state index is 15.4. The molecule has 0 atom stereocenters. The summed E-state index contributed by atoms with van der Waals surface area (Å²) in [4.78, 5) is 0. The molecule has 0 saturated heterocycles. The number of rotatable bonds is 9. The number of aliphatic hydroxyl groups is 1. The molecule has 0 radical (unpaired) electrons. The van der Waals surface area contributed by atoms with Gasteiger partial charge in [-0.1, -0.05) is 18.1 Å². The molecule has 0 aliphatic heterocycles. The number of halogens is 2. The van der Waals surface area contributed by atoms with Gasteiger partial charge in [0, 0.05) is 12.0 Å². The molecule has 3 aromatic rings. The Morgan fingerprint density at radius 1 is 1.22 bits per heavy atom. The van der Waals surface area contributed by atoms with Crippen molar-refractivity contribution in [2.45, 2.75) is 50.7 Å². The molecule has 0 amide bonds. The molecule has 1 aliphatic rings. The van der Waals surface area contributed by atoms with E-state index in [-0.39, 0.29) is 29.3 Å². The van der Waals surface area contributed by atoms with Crippen LogP contribution in [0, 0.1) is 18.6 Å². The zero-order valence-corrected chi connectivity index (χ0v) is 18.7. The molecule has 2 aromatic carbocycles. The summed E-state index contributed by atoms with van der Waals surface area (Å²) < 4.78 is 62.9. The Morgan fingerprint density at radius 3 is 2.59 bits per heavy atom. The van der Waals surface area contributed by atoms with Crippen molar-refractivity contribution in [3.05, 3.63) is 47.2 Å². The van der Waals surface area contributed by atoms with E-state index in [1.165, 1.54) is 18.2 Å². The number of anilines is 3. The summed E-state index contributed by atoms with van der Waals surface area (Å²) in [7, 11) is -3.90. The Balaban J connectivity index is 1.78. The number of sulfonamides is 1. The molecule has 1 fully saturated rings. The number of benzene rings is 2. The number of nitrogens with one attached hydrogen (secondary N) is 2. The van der Waals surface area contributed by atoms with Crippen LogP contribution in [-0.2, 0) is 16.4 Å². The third kappa shape index (κ3) is 3.93. The number of aryl methyl sites for hydroxylation is 2. The molecule has 1 aromatic heterocycles. The van der Waals surface area contributed by atoms with Gasteiger partial charge in [-0.15, -0.1) is 0 Å². The summed E-state index contributed by atoms with van der Waals surface area (Å²) in [6.45, 7) is 3.39. The van der Waals surface area contributed by atoms with Gasteiger partial charge in [-0.2, -0.15) is 0 Å². The van der Waals surface area contributed by atoms with Crippen LogP contribution in [-0.4, -0.2) is 30.0 Å². The molecule has 10 heteroatoms. The molecule has 0 spiro atoms. The largest absolute Gasteiger partial charge is 0.396 e. The van der Waals surface area contributed by atoms with Crippen LogP contribution in [0.4, 0.5) is 25.8 Å². The van der Waals surface area contributed by atoms with Gasteiger partial charge in [-0.05, 0) is 62.8 Å². The summed E-state index contributed by atoms with van der Waals surface area (Å²) in [6.07, 6.45) is 2.19. The van der Waals surface area contributed by atoms with Gasteiger partial charge in [-0.3, -0.25) is 4.72 Å². The SMILES string of the molecule is CCc1ccc(Nc2c(NS(=O)(=O)C3(CCCO)CC3)cc3c(C)noc3c2F)c(F)c1. The van der Waals surface area contributed by atoms with E-state index in [2.05, 4.69) is 15.2 Å². The Labute approximate surface area is 184 Å². The summed E-state index contributed by atoms with van der Waals surface area (Å²) in [5, 5.41) is 15.9. The maximum absolute atomic E-state index is 15.4. The first-order valence-electron chi connectivity index (χ1n) is 10.5. The Morgan fingerprint density at radius 2 is 1.97 bits per heavy atom. The van der Waals surface area contributed by atoms with E-state index in [0.29, 0.717) is 43.2 Å². The van der Waals surface area contributed by atoms with E-state index < -0.39 is 26.4 Å². The van der Waals surface area contributed by atoms with E-state index in [0.717, 1.165) is 5.56 Å². The van der Waals surface area contributed by atoms with Crippen LogP contribution in [0.3, 0.4) is 0 Å². The number of hydrogen-bond donors (Lipinski definition) is 3. The van der Waals surface area contributed by atoms with Gasteiger partial charge in [-0.25, -0.2) is 17.2 Å². The van der Waals surface area contributed by atoms with Crippen LogP contribution >= 0.6 is 0 Å². The van der Waals surface area contributed by atoms with E-state index in [1.54, 1.807) is 13.0 Å². The average Bonchev–Trinajstić information content (AvgIpc) is 3.48. The zero-order chi connectivity index (χ0) is 23.1. The highest BCUT2D eigenvalue weighted by molar-refractivity contribution is 7.94. The second-order valence-electron chi connectivity index (χ2n) is 8.17. The van der Waals surface area contributed by atoms with Crippen molar-refractivity contribution in [3.8, 4) is 0 Å². The van der Waals surface area contributed by atoms with Gasteiger partial charge >= 0.3 is 0 Å². The minimum absolute atomic E-state index is 0.00134. The third-order valence-electron chi connectivity index (χ3n) is 6.00. The van der Waals surface area contributed by atoms with E-state index >= 15 is 4.39 Å². The van der Waals surface area contributed by atoms with E-state index in [1.807, 2.05) is 6.92 Å². The second kappa shape index (κ2) is 8.32. The van der Waals surface area contributed by atoms with Gasteiger partial charge in [0.15, 0.2) is 5.82 Å². The van der Waals surface area contributed by atoms with Crippen molar-refractivity contribution in [3.63, 3.8) is 0 Å². The summed E-state index contributed by atoms with van der Waals surface area (Å²) in [5.74, 6) is -1.46. The monoisotopic (exact) mass is 465 g/mol. The molecule has 32 heavy (non-hydrogen) atoms. The summed E-state index contributed by atoms with van der Waals surface area (Å²) >= 11 is 0. The lowest BCUT2D eigenvalue weighted by atomic mass is 10.1. The molecule has 0 unspecified atom stereocenters. The molecule has 0 bridgehead atoms. The minimum Gasteiger partial charge on any atom is -0.396 e. The first-order valence-corrected chi connectivity index (χ1v) is 12.0. The Kier molecular flexibility index (Phi) is 5.85. The van der Waals surface area contributed by atoms with Crippen molar-refractivity contribution >= 4 is 38.1 Å². The average molecular weight is 466 g/mol. The van der Waals surface area contributed by atoms with Crippen molar-refractivity contribution in [2.75, 3.05) is 16.6 Å². The van der Waals surface area contributed by atoms with Gasteiger partial charge in [0.2, 0.25) is 15.6 Å². The molecular formula is C22H25F2N3O4S. The summed E-state index contributed by atoms with van der Waals surface area (Å²) in [5.41, 5.74) is 0.702. The van der Waals surface area contributed by atoms with Crippen LogP contribution in [0.5, 0.6) is 0 Å². The van der Waals surface area contributed by atoms with E-state index in [4.69, 9.17) is 9.63 Å². The van der Waals surface area contributed by atoms with E-state index in [9.17, 15) is 12.8 Å². The molecule has 3 N–H and O–H groups in total. The summed E-state index contributed by atoms with van der Waals surface area (Å²) in [6, 6.07) is 5.96. The van der Waals surface area contributed by atoms with Crippen LogP contribution < -0.4 is 10.0 Å². The molecule has 1 heterocycles. The maximum Gasteiger partial charge on any atom is 0.238 e. The van der Waals surface area contributed by atoms with Crippen molar-refractivity contribution in [1.29, 1.82) is 0 Å². The topological polar surface area (TPSA) is 104 Å². The highest BCUT2D eigenvalue weighted by Crippen LogP contribution is 2.49. The standard InChI is InChI=1S/C22H25F2N3O4S/c1-3-14-5-6-17(16(23)11-14)25-20-18(12-15-13(2)26-31-21(15)19(20)24)27-32(29,30)22(8-9-22)7-4-10-28/h5-6,11-12,25,27-28H,3-4,7-10H2,1-2H3. The Hall–Kier alpha value is -2.72. The van der Waals surface area contributed by atoms with Gasteiger partial charge in [0.05, 0.1) is 21.8 Å². The smallest absolute Gasteiger partial charge is 0.238 e. The van der Waals surface area contributed by atoms with Crippen molar-refractivity contribution in [1.82, 2.24) is 5.16 Å². The fourth-order valence-corrected chi connectivity index (χ4v) is 5.54. The predicted molar refractivity (Wildman–Crippen MR) is 119 cm³/mol. The first-order chi connectivity index (χ1) is 15.2. The van der Waals surface area contributed by atoms with Crippen LogP contribution in [0.1, 0.15) is 43.9 Å². The first kappa shape index (κ1) is 22.5. The van der Waals surface area contributed by atoms with Gasteiger partial charge in [0.1, 0.15) is 11.5 Å². The van der Waals surface area contributed by atoms with Gasteiger partial charge in [0.25, 0.3) is 0 Å². The molecule has 7 nitrogen and oxygen atoms in total. The minimum atomic E-state index is -3.90. The number of nitrogens with zero attached hydrogens (tertiary/aromatic N) is 1. The molecular weight excluding hydrogens is 440 g/mol. The van der Waals surface area contributed by atoms with Crippen molar-refractivity contribution in [2.24, 2.45) is 0 Å². The van der Waals surface area contributed by atoms with Crippen LogP contribution in [0.25, 0.3) is 11.0 Å². The second-order valence-corrected chi connectivity index (χ2v) is 10.2. The fourth-order valence-electron chi connectivity index (χ4n) is 3.82. The third-order valence-corrected chi connectivity index (χ3v) is 8.24. The number of aromatic nitrogens is 1. The lowest BCUT2D eigenvalue weighted by molar-refractivity contribution is 0.282. The molecule has 1 aliphatic carbocycles. The zero-order valence-electron chi connectivity index (χ0n) is 17.8. The van der Waals surface area contributed by atoms with Gasteiger partial charge < -0.3 is 14.9 Å². The van der Waals surface area contributed by atoms with Crippen LogP contribution in [0.2, 0.25) is 0 Å². The number of fused-ring (bicyclic) bond motifs is 1. The lowest BCUT2D eigenvalue weighted by Crippen LogP contribution is -2.30. The number of aliphatic hydroxyl groups excluding tert-OH is 1. The van der Waals surface area contributed by atoms with Crippen molar-refractivity contribution < 1.29 is 26.8 Å². The number of hydrogen-bond acceptors (Lipinski definition) is 6. The molecule has 1 saturated carbocycles. The lowest BCUT2D eigenvalue weighted by Gasteiger charge is -2.20. The quantitative estimate of drug-likeness (QED) is 0.421. The van der Waals surface area contributed by atoms with Crippen LogP contribution in [0.15, 0.2) is 28.8 Å².